The molecule has 0 saturated carbocycles. The molecular weight excluding hydrogens is 261 g/mol. The smallest absolute Gasteiger partial charge is 0.405 e. The Bertz CT molecular complexity index is 566. The molecule has 19 heavy (non-hydrogen) atoms. The number of hydrogen-bond acceptors (Lipinski definition) is 3. The van der Waals surface area contributed by atoms with E-state index in [0.717, 1.165) is 6.07 Å². The molecule has 4 nitrogen and oxygen atoms in total. The average Bonchev–Trinajstić information content (AvgIpc) is 2.73. The molecule has 0 saturated heterocycles. The first-order chi connectivity index (χ1) is 8.88. The predicted molar refractivity (Wildman–Crippen MR) is 60.4 cm³/mol. The number of halogens is 3. The van der Waals surface area contributed by atoms with Crippen molar-refractivity contribution in [3.63, 3.8) is 0 Å². The van der Waals surface area contributed by atoms with Gasteiger partial charge in [0.2, 0.25) is 0 Å². The van der Waals surface area contributed by atoms with E-state index in [1.807, 2.05) is 0 Å². The van der Waals surface area contributed by atoms with Crippen LogP contribution >= 0.6 is 0 Å². The summed E-state index contributed by atoms with van der Waals surface area (Å²) in [5, 5.41) is 10.1. The maximum Gasteiger partial charge on any atom is 0.573 e. The first kappa shape index (κ1) is 13.4. The van der Waals surface area contributed by atoms with Gasteiger partial charge in [0.15, 0.2) is 0 Å². The molecule has 2 aromatic rings. The molecule has 0 aliphatic heterocycles. The quantitative estimate of drug-likeness (QED) is 0.933. The SMILES string of the molecule is Cn1ccnc1C(O)c1ccccc1OC(F)(F)F. The van der Waals surface area contributed by atoms with Gasteiger partial charge in [-0.15, -0.1) is 13.2 Å². The zero-order valence-electron chi connectivity index (χ0n) is 9.93. The molecule has 1 heterocycles. The number of rotatable bonds is 3. The van der Waals surface area contributed by atoms with Crippen molar-refractivity contribution < 1.29 is 23.0 Å². The highest BCUT2D eigenvalue weighted by Crippen LogP contribution is 2.32. The Morgan fingerprint density at radius 1 is 1.32 bits per heavy atom. The van der Waals surface area contributed by atoms with E-state index in [2.05, 4.69) is 9.72 Å². The van der Waals surface area contributed by atoms with E-state index in [-0.39, 0.29) is 11.4 Å². The number of alkyl halides is 3. The molecule has 0 aliphatic carbocycles. The summed E-state index contributed by atoms with van der Waals surface area (Å²) in [6.07, 6.45) is -3.06. The van der Waals surface area contributed by atoms with Crippen LogP contribution in [0.4, 0.5) is 13.2 Å². The third-order valence-corrected chi connectivity index (χ3v) is 2.54. The summed E-state index contributed by atoms with van der Waals surface area (Å²) in [7, 11) is 1.64. The highest BCUT2D eigenvalue weighted by molar-refractivity contribution is 5.37. The second kappa shape index (κ2) is 4.93. The van der Waals surface area contributed by atoms with E-state index in [1.54, 1.807) is 13.2 Å². The first-order valence-corrected chi connectivity index (χ1v) is 5.38. The van der Waals surface area contributed by atoms with Crippen LogP contribution in [0.3, 0.4) is 0 Å². The van der Waals surface area contributed by atoms with Gasteiger partial charge in [-0.05, 0) is 6.07 Å². The Hall–Kier alpha value is -2.02. The number of aryl methyl sites for hydroxylation is 1. The van der Waals surface area contributed by atoms with Crippen molar-refractivity contribution in [2.24, 2.45) is 7.05 Å². The fourth-order valence-electron chi connectivity index (χ4n) is 1.70. The monoisotopic (exact) mass is 272 g/mol. The molecule has 0 radical (unpaired) electrons. The average molecular weight is 272 g/mol. The third kappa shape index (κ3) is 3.05. The number of nitrogens with zero attached hydrogens (tertiary/aromatic N) is 2. The van der Waals surface area contributed by atoms with Crippen molar-refractivity contribution in [3.05, 3.63) is 48.0 Å². The van der Waals surface area contributed by atoms with Crippen LogP contribution in [0.1, 0.15) is 17.5 Å². The predicted octanol–water partition coefficient (Wildman–Crippen LogP) is 2.40. The van der Waals surface area contributed by atoms with Crippen LogP contribution in [0, 0.1) is 0 Å². The number of imidazole rings is 1. The molecule has 2 rings (SSSR count). The van der Waals surface area contributed by atoms with Crippen molar-refractivity contribution in [1.82, 2.24) is 9.55 Å². The Morgan fingerprint density at radius 3 is 2.58 bits per heavy atom. The van der Waals surface area contributed by atoms with Crippen molar-refractivity contribution in [3.8, 4) is 5.75 Å². The Labute approximate surface area is 107 Å². The zero-order chi connectivity index (χ0) is 14.0. The van der Waals surface area contributed by atoms with E-state index in [1.165, 1.54) is 29.0 Å². The van der Waals surface area contributed by atoms with Crippen LogP contribution in [0.25, 0.3) is 0 Å². The van der Waals surface area contributed by atoms with Gasteiger partial charge in [-0.3, -0.25) is 0 Å². The van der Waals surface area contributed by atoms with Crippen molar-refractivity contribution in [2.75, 3.05) is 0 Å². The first-order valence-electron chi connectivity index (χ1n) is 5.38. The second-order valence-corrected chi connectivity index (χ2v) is 3.88. The number of hydrogen-bond donors (Lipinski definition) is 1. The molecule has 0 amide bonds. The van der Waals surface area contributed by atoms with E-state index in [4.69, 9.17) is 0 Å². The maximum absolute atomic E-state index is 12.3. The summed E-state index contributed by atoms with van der Waals surface area (Å²) in [5.41, 5.74) is 0.00845. The van der Waals surface area contributed by atoms with Gasteiger partial charge in [-0.2, -0.15) is 0 Å². The van der Waals surface area contributed by atoms with E-state index in [9.17, 15) is 18.3 Å². The molecular formula is C12H11F3N2O2. The molecule has 0 aliphatic rings. The fraction of sp³-hybridized carbons (Fsp3) is 0.250. The topological polar surface area (TPSA) is 47.3 Å². The summed E-state index contributed by atoms with van der Waals surface area (Å²) in [4.78, 5) is 3.91. The Morgan fingerprint density at radius 2 is 2.00 bits per heavy atom. The van der Waals surface area contributed by atoms with Gasteiger partial charge in [0.25, 0.3) is 0 Å². The largest absolute Gasteiger partial charge is 0.573 e. The summed E-state index contributed by atoms with van der Waals surface area (Å²) >= 11 is 0. The van der Waals surface area contributed by atoms with Gasteiger partial charge in [-0.1, -0.05) is 18.2 Å². The lowest BCUT2D eigenvalue weighted by Crippen LogP contribution is -2.19. The van der Waals surface area contributed by atoms with E-state index < -0.39 is 18.2 Å². The van der Waals surface area contributed by atoms with Crippen LogP contribution in [0.2, 0.25) is 0 Å². The second-order valence-electron chi connectivity index (χ2n) is 3.88. The van der Waals surface area contributed by atoms with Gasteiger partial charge in [-0.25, -0.2) is 4.98 Å². The summed E-state index contributed by atoms with van der Waals surface area (Å²) in [5.74, 6) is -0.205. The lowest BCUT2D eigenvalue weighted by atomic mass is 10.1. The molecule has 0 fully saturated rings. The third-order valence-electron chi connectivity index (χ3n) is 2.54. The molecule has 1 aromatic heterocycles. The van der Waals surface area contributed by atoms with Gasteiger partial charge in [0.1, 0.15) is 17.7 Å². The number of benzene rings is 1. The zero-order valence-corrected chi connectivity index (χ0v) is 9.93. The number of para-hydroxylation sites is 1. The number of aromatic nitrogens is 2. The lowest BCUT2D eigenvalue weighted by Gasteiger charge is -2.16. The van der Waals surface area contributed by atoms with Crippen molar-refractivity contribution in [1.29, 1.82) is 0 Å². The minimum Gasteiger partial charge on any atom is -0.405 e. The summed E-state index contributed by atoms with van der Waals surface area (Å²) < 4.78 is 42.3. The number of aliphatic hydroxyl groups excluding tert-OH is 1. The van der Waals surface area contributed by atoms with Crippen molar-refractivity contribution in [2.45, 2.75) is 12.5 Å². The highest BCUT2D eigenvalue weighted by Gasteiger charge is 2.33. The molecule has 7 heteroatoms. The van der Waals surface area contributed by atoms with Crippen LogP contribution < -0.4 is 4.74 Å². The van der Waals surface area contributed by atoms with Crippen LogP contribution in [0.15, 0.2) is 36.7 Å². The van der Waals surface area contributed by atoms with E-state index >= 15 is 0 Å². The molecule has 1 N–H and O–H groups in total. The Balaban J connectivity index is 2.37. The minimum atomic E-state index is -4.81. The van der Waals surface area contributed by atoms with Crippen LogP contribution in [0.5, 0.6) is 5.75 Å². The summed E-state index contributed by atoms with van der Waals surface area (Å²) in [6.45, 7) is 0. The molecule has 1 aromatic carbocycles. The van der Waals surface area contributed by atoms with Crippen molar-refractivity contribution >= 4 is 0 Å². The van der Waals surface area contributed by atoms with Gasteiger partial charge in [0, 0.05) is 25.0 Å². The maximum atomic E-state index is 12.3. The molecule has 102 valence electrons. The number of ether oxygens (including phenoxy) is 1. The highest BCUT2D eigenvalue weighted by atomic mass is 19.4. The van der Waals surface area contributed by atoms with Crippen LogP contribution in [-0.2, 0) is 7.05 Å². The molecule has 0 bridgehead atoms. The number of aliphatic hydroxyl groups is 1. The fourth-order valence-corrected chi connectivity index (χ4v) is 1.70. The van der Waals surface area contributed by atoms with Gasteiger partial charge < -0.3 is 14.4 Å². The van der Waals surface area contributed by atoms with E-state index in [0.29, 0.717) is 0 Å². The standard InChI is InChI=1S/C12H11F3N2O2/c1-17-7-6-16-11(17)10(18)8-4-2-3-5-9(8)19-12(13,14)15/h2-7,10,18H,1H3. The molecule has 1 unspecified atom stereocenters. The molecule has 1 atom stereocenters. The lowest BCUT2D eigenvalue weighted by molar-refractivity contribution is -0.275. The van der Waals surface area contributed by atoms with Gasteiger partial charge in [0.05, 0.1) is 0 Å². The normalized spacial score (nSPS) is 13.3. The summed E-state index contributed by atoms with van der Waals surface area (Å²) in [6, 6.07) is 5.43. The minimum absolute atomic E-state index is 0.00845. The van der Waals surface area contributed by atoms with Crippen LogP contribution in [-0.4, -0.2) is 21.0 Å². The molecule has 0 spiro atoms. The Kier molecular flexibility index (Phi) is 3.48. The van der Waals surface area contributed by atoms with Gasteiger partial charge >= 0.3 is 6.36 Å².